The molecule has 0 aliphatic carbocycles. The lowest BCUT2D eigenvalue weighted by Crippen LogP contribution is -2.32. The van der Waals surface area contributed by atoms with Crippen LogP contribution in [0.2, 0.25) is 0 Å². The van der Waals surface area contributed by atoms with Crippen molar-refractivity contribution in [1.82, 2.24) is 14.9 Å². The van der Waals surface area contributed by atoms with Crippen molar-refractivity contribution in [3.05, 3.63) is 23.8 Å². The largest absolute Gasteiger partial charge is 0.393 e. The quantitative estimate of drug-likeness (QED) is 0.906. The Morgan fingerprint density at radius 3 is 3.00 bits per heavy atom. The van der Waals surface area contributed by atoms with E-state index >= 15 is 0 Å². The van der Waals surface area contributed by atoms with Gasteiger partial charge in [-0.05, 0) is 24.3 Å². The highest BCUT2D eigenvalue weighted by Crippen LogP contribution is 2.28. The standard InChI is InChI=1S/C15H25N3O/c1-4-14-16-7-5-12(17-14)10-18-8-6-13(19)9-15(2,3)11-18/h5,7,13,19H,4,6,8-11H2,1-3H3/t13-/m0/s1. The lowest BCUT2D eigenvalue weighted by molar-refractivity contribution is 0.121. The Balaban J connectivity index is 2.05. The van der Waals surface area contributed by atoms with Crippen molar-refractivity contribution >= 4 is 0 Å². The molecule has 1 aromatic rings. The Hall–Kier alpha value is -1.00. The molecule has 0 unspecified atom stereocenters. The predicted molar refractivity (Wildman–Crippen MR) is 75.7 cm³/mol. The van der Waals surface area contributed by atoms with E-state index in [1.807, 2.05) is 12.3 Å². The summed E-state index contributed by atoms with van der Waals surface area (Å²) in [7, 11) is 0. The fourth-order valence-electron chi connectivity index (χ4n) is 2.88. The number of rotatable bonds is 3. The van der Waals surface area contributed by atoms with Crippen LogP contribution in [-0.2, 0) is 13.0 Å². The minimum absolute atomic E-state index is 0.163. The van der Waals surface area contributed by atoms with Crippen LogP contribution in [0, 0.1) is 5.41 Å². The lowest BCUT2D eigenvalue weighted by atomic mass is 9.87. The molecule has 1 aromatic heterocycles. The smallest absolute Gasteiger partial charge is 0.128 e. The molecule has 1 aliphatic heterocycles. The van der Waals surface area contributed by atoms with Crippen molar-refractivity contribution in [2.45, 2.75) is 52.7 Å². The van der Waals surface area contributed by atoms with E-state index in [-0.39, 0.29) is 11.5 Å². The van der Waals surface area contributed by atoms with Crippen molar-refractivity contribution in [2.75, 3.05) is 13.1 Å². The first-order chi connectivity index (χ1) is 8.98. The number of hydrogen-bond acceptors (Lipinski definition) is 4. The van der Waals surface area contributed by atoms with E-state index in [2.05, 4.69) is 35.6 Å². The van der Waals surface area contributed by atoms with Gasteiger partial charge in [0.2, 0.25) is 0 Å². The number of aromatic nitrogens is 2. The van der Waals surface area contributed by atoms with Crippen molar-refractivity contribution < 1.29 is 5.11 Å². The van der Waals surface area contributed by atoms with Gasteiger partial charge in [-0.25, -0.2) is 9.97 Å². The molecule has 0 saturated carbocycles. The van der Waals surface area contributed by atoms with Crippen LogP contribution in [0.5, 0.6) is 0 Å². The number of aliphatic hydroxyl groups is 1. The maximum absolute atomic E-state index is 9.94. The molecule has 1 atom stereocenters. The van der Waals surface area contributed by atoms with Gasteiger partial charge < -0.3 is 5.11 Å². The van der Waals surface area contributed by atoms with Gasteiger partial charge in [0.1, 0.15) is 5.82 Å². The topological polar surface area (TPSA) is 49.2 Å². The third-order valence-corrected chi connectivity index (χ3v) is 3.68. The van der Waals surface area contributed by atoms with Gasteiger partial charge in [-0.1, -0.05) is 20.8 Å². The zero-order valence-corrected chi connectivity index (χ0v) is 12.3. The highest BCUT2D eigenvalue weighted by molar-refractivity contribution is 5.03. The zero-order chi connectivity index (χ0) is 13.9. The number of likely N-dealkylation sites (tertiary alicyclic amines) is 1. The molecule has 19 heavy (non-hydrogen) atoms. The monoisotopic (exact) mass is 263 g/mol. The van der Waals surface area contributed by atoms with Gasteiger partial charge in [-0.15, -0.1) is 0 Å². The van der Waals surface area contributed by atoms with E-state index in [1.165, 1.54) is 0 Å². The van der Waals surface area contributed by atoms with E-state index in [4.69, 9.17) is 0 Å². The van der Waals surface area contributed by atoms with Gasteiger partial charge in [0, 0.05) is 32.3 Å². The summed E-state index contributed by atoms with van der Waals surface area (Å²) in [4.78, 5) is 11.2. The van der Waals surface area contributed by atoms with Crippen LogP contribution in [0.15, 0.2) is 12.3 Å². The SMILES string of the molecule is CCc1nccc(CN2CC[C@H](O)CC(C)(C)C2)n1. The molecule has 4 nitrogen and oxygen atoms in total. The Bertz CT molecular complexity index is 420. The summed E-state index contributed by atoms with van der Waals surface area (Å²) in [6, 6.07) is 1.99. The third kappa shape index (κ3) is 4.25. The van der Waals surface area contributed by atoms with Crippen LogP contribution in [0.4, 0.5) is 0 Å². The first-order valence-electron chi connectivity index (χ1n) is 7.20. The molecule has 1 aliphatic rings. The molecule has 0 amide bonds. The molecule has 0 spiro atoms. The molecule has 0 radical (unpaired) electrons. The molecule has 1 N–H and O–H groups in total. The molecule has 1 saturated heterocycles. The first kappa shape index (κ1) is 14.4. The fraction of sp³-hybridized carbons (Fsp3) is 0.733. The van der Waals surface area contributed by atoms with Gasteiger partial charge in [-0.2, -0.15) is 0 Å². The number of hydrogen-bond donors (Lipinski definition) is 1. The first-order valence-corrected chi connectivity index (χ1v) is 7.20. The van der Waals surface area contributed by atoms with Gasteiger partial charge >= 0.3 is 0 Å². The molecule has 1 fully saturated rings. The average Bonchev–Trinajstić information content (AvgIpc) is 2.47. The van der Waals surface area contributed by atoms with E-state index < -0.39 is 0 Å². The maximum Gasteiger partial charge on any atom is 0.128 e. The highest BCUT2D eigenvalue weighted by Gasteiger charge is 2.29. The molecule has 2 rings (SSSR count). The molecule has 0 aromatic carbocycles. The zero-order valence-electron chi connectivity index (χ0n) is 12.3. The van der Waals surface area contributed by atoms with E-state index in [1.54, 1.807) is 0 Å². The van der Waals surface area contributed by atoms with E-state index in [0.29, 0.717) is 0 Å². The molecule has 106 valence electrons. The van der Waals surface area contributed by atoms with Gasteiger partial charge in [0.05, 0.1) is 11.8 Å². The summed E-state index contributed by atoms with van der Waals surface area (Å²) < 4.78 is 0. The highest BCUT2D eigenvalue weighted by atomic mass is 16.3. The van der Waals surface area contributed by atoms with Crippen molar-refractivity contribution in [3.8, 4) is 0 Å². The minimum Gasteiger partial charge on any atom is -0.393 e. The summed E-state index contributed by atoms with van der Waals surface area (Å²) in [5.74, 6) is 0.909. The molecule has 4 heteroatoms. The second-order valence-electron chi connectivity index (χ2n) is 6.34. The van der Waals surface area contributed by atoms with Crippen LogP contribution < -0.4 is 0 Å². The van der Waals surface area contributed by atoms with E-state index in [0.717, 1.165) is 50.4 Å². The third-order valence-electron chi connectivity index (χ3n) is 3.68. The number of aryl methyl sites for hydroxylation is 1. The van der Waals surface area contributed by atoms with Crippen LogP contribution in [0.25, 0.3) is 0 Å². The molecular weight excluding hydrogens is 238 g/mol. The second kappa shape index (κ2) is 5.97. The van der Waals surface area contributed by atoms with Crippen molar-refractivity contribution in [3.63, 3.8) is 0 Å². The predicted octanol–water partition coefficient (Wildman–Crippen LogP) is 2.02. The van der Waals surface area contributed by atoms with E-state index in [9.17, 15) is 5.11 Å². The Morgan fingerprint density at radius 1 is 1.47 bits per heavy atom. The minimum atomic E-state index is -0.170. The molecular formula is C15H25N3O. The van der Waals surface area contributed by atoms with Crippen LogP contribution in [0.1, 0.15) is 45.1 Å². The summed E-state index contributed by atoms with van der Waals surface area (Å²) in [5.41, 5.74) is 1.25. The van der Waals surface area contributed by atoms with Gasteiger partial charge in [0.25, 0.3) is 0 Å². The second-order valence-corrected chi connectivity index (χ2v) is 6.34. The fourth-order valence-corrected chi connectivity index (χ4v) is 2.88. The average molecular weight is 263 g/mol. The number of nitrogens with zero attached hydrogens (tertiary/aromatic N) is 3. The summed E-state index contributed by atoms with van der Waals surface area (Å²) in [6.07, 6.45) is 4.29. The Labute approximate surface area is 115 Å². The van der Waals surface area contributed by atoms with Gasteiger partial charge in [-0.3, -0.25) is 4.90 Å². The normalized spacial score (nSPS) is 24.1. The van der Waals surface area contributed by atoms with Crippen molar-refractivity contribution in [1.29, 1.82) is 0 Å². The lowest BCUT2D eigenvalue weighted by Gasteiger charge is -2.29. The Morgan fingerprint density at radius 2 is 2.26 bits per heavy atom. The molecule has 0 bridgehead atoms. The van der Waals surface area contributed by atoms with Crippen molar-refractivity contribution in [2.24, 2.45) is 5.41 Å². The van der Waals surface area contributed by atoms with Crippen LogP contribution in [-0.4, -0.2) is 39.2 Å². The van der Waals surface area contributed by atoms with Crippen LogP contribution in [0.3, 0.4) is 0 Å². The molecule has 2 heterocycles. The number of aliphatic hydroxyl groups excluding tert-OH is 1. The summed E-state index contributed by atoms with van der Waals surface area (Å²) in [6.45, 7) is 9.33. The van der Waals surface area contributed by atoms with Gasteiger partial charge in [0.15, 0.2) is 0 Å². The summed E-state index contributed by atoms with van der Waals surface area (Å²) in [5, 5.41) is 9.94. The summed E-state index contributed by atoms with van der Waals surface area (Å²) >= 11 is 0. The maximum atomic E-state index is 9.94. The van der Waals surface area contributed by atoms with Crippen LogP contribution >= 0.6 is 0 Å². The Kier molecular flexibility index (Phi) is 4.53.